The van der Waals surface area contributed by atoms with Crippen molar-refractivity contribution in [2.24, 2.45) is 38.8 Å². The molecular weight excluding hydrogens is 1020 g/mol. The number of aromatic carboxylic acids is 1. The van der Waals surface area contributed by atoms with Crippen LogP contribution < -0.4 is 43.5 Å². The van der Waals surface area contributed by atoms with E-state index in [0.29, 0.717) is 131 Å². The second-order valence-electron chi connectivity index (χ2n) is 19.6. The number of benzene rings is 3. The minimum Gasteiger partial charge on any atom is -0.508 e. The zero-order chi connectivity index (χ0) is 55.9. The van der Waals surface area contributed by atoms with E-state index in [9.17, 15) is 29.4 Å². The fourth-order valence-corrected chi connectivity index (χ4v) is 9.76. The molecule has 2 saturated heterocycles. The van der Waals surface area contributed by atoms with Crippen LogP contribution in [-0.4, -0.2) is 160 Å². The Labute approximate surface area is 453 Å². The van der Waals surface area contributed by atoms with Gasteiger partial charge in [-0.1, -0.05) is 36.8 Å². The normalized spacial score (nSPS) is 15.0. The van der Waals surface area contributed by atoms with Gasteiger partial charge in [0.2, 0.25) is 29.7 Å². The molecule has 0 bridgehead atoms. The standard InChI is InChI=1S/C52H64N20O7/c1-4-30(2)44(72-29-34(64-66-72)8-6-16-58-49(55)56)46(76)68-19-23-70(24-20-68)52-61-50(60-51(62-52)69-21-17-67(18-22-69)45(75)31(3)71-28-33(63-65-71)7-5-15-57-48(53)54)59-32-9-12-37(40(25-32)47(77)78)43-38-13-10-35(73)26-41(38)79-42-27-36(74)11-14-39(42)43/h9-14,25-31,44,73H,4-8,15-24H2,1-3H3,(H,77,78)(H4,53,54,57)(H4,55,56,58)(H,59,60,61,62)/t30-,31-,44-/m0/s1. The Bertz CT molecular complexity index is 3420. The van der Waals surface area contributed by atoms with E-state index in [-0.39, 0.29) is 63.7 Å². The fraction of sp³-hybridized carbons (Fsp3) is 0.404. The summed E-state index contributed by atoms with van der Waals surface area (Å²) in [6.07, 6.45) is 6.82. The molecule has 27 heteroatoms. The highest BCUT2D eigenvalue weighted by Gasteiger charge is 2.35. The van der Waals surface area contributed by atoms with Crippen molar-refractivity contribution in [3.63, 3.8) is 0 Å². The molecule has 27 nitrogen and oxygen atoms in total. The molecule has 2 fully saturated rings. The van der Waals surface area contributed by atoms with Gasteiger partial charge in [-0.25, -0.2) is 14.2 Å². The van der Waals surface area contributed by atoms with Crippen molar-refractivity contribution in [1.82, 2.24) is 54.7 Å². The Morgan fingerprint density at radius 1 is 0.722 bits per heavy atom. The molecule has 79 heavy (non-hydrogen) atoms. The fourth-order valence-electron chi connectivity index (χ4n) is 9.76. The number of fused-ring (bicyclic) bond motifs is 2. The van der Waals surface area contributed by atoms with Crippen molar-refractivity contribution < 1.29 is 29.0 Å². The molecule has 414 valence electrons. The van der Waals surface area contributed by atoms with Crippen LogP contribution in [0.3, 0.4) is 0 Å². The lowest BCUT2D eigenvalue weighted by Crippen LogP contribution is -2.52. The lowest BCUT2D eigenvalue weighted by Gasteiger charge is -2.38. The summed E-state index contributed by atoms with van der Waals surface area (Å²) in [6.45, 7) is 9.67. The number of anilines is 4. The van der Waals surface area contributed by atoms with E-state index in [1.165, 1.54) is 30.3 Å². The molecule has 3 aliphatic heterocycles. The number of carboxylic acids is 1. The van der Waals surface area contributed by atoms with Crippen LogP contribution in [0.25, 0.3) is 33.4 Å². The number of phenolic OH excluding ortho intramolecular Hbond substituents is 1. The lowest BCUT2D eigenvalue weighted by atomic mass is 9.90. The van der Waals surface area contributed by atoms with E-state index in [0.717, 1.165) is 17.8 Å². The first-order chi connectivity index (χ1) is 38.0. The molecule has 1 aliphatic carbocycles. The van der Waals surface area contributed by atoms with Crippen LogP contribution in [0.4, 0.5) is 23.5 Å². The third-order valence-electron chi connectivity index (χ3n) is 14.2. The van der Waals surface area contributed by atoms with E-state index in [1.807, 2.05) is 34.7 Å². The second kappa shape index (κ2) is 23.9. The van der Waals surface area contributed by atoms with Gasteiger partial charge in [0.05, 0.1) is 17.0 Å². The predicted octanol–water partition coefficient (Wildman–Crippen LogP) is 2.34. The average molecular weight is 1080 g/mol. The summed E-state index contributed by atoms with van der Waals surface area (Å²) in [5.41, 5.74) is 24.9. The molecule has 3 aromatic heterocycles. The maximum absolute atomic E-state index is 14.4. The highest BCUT2D eigenvalue weighted by atomic mass is 16.4. The maximum atomic E-state index is 14.4. The van der Waals surface area contributed by atoms with Crippen LogP contribution in [-0.2, 0) is 22.4 Å². The molecule has 0 spiro atoms. The number of phenols is 1. The number of piperazine rings is 2. The van der Waals surface area contributed by atoms with Crippen molar-refractivity contribution >= 4 is 64.2 Å². The first kappa shape index (κ1) is 54.4. The van der Waals surface area contributed by atoms with E-state index >= 15 is 0 Å². The number of carbonyl (C=O) groups excluding carboxylic acids is 2. The summed E-state index contributed by atoms with van der Waals surface area (Å²) in [7, 11) is 0. The number of guanidine groups is 2. The largest absolute Gasteiger partial charge is 0.508 e. The topological polar surface area (TPSA) is 376 Å². The number of nitrogens with two attached hydrogens (primary N) is 4. The van der Waals surface area contributed by atoms with E-state index < -0.39 is 18.1 Å². The Hall–Kier alpha value is -9.43. The Morgan fingerprint density at radius 2 is 1.30 bits per heavy atom. The molecule has 4 aliphatic rings. The van der Waals surface area contributed by atoms with Gasteiger partial charge in [-0.05, 0) is 80.5 Å². The highest BCUT2D eigenvalue weighted by molar-refractivity contribution is 6.08. The number of carbonyl (C=O) groups is 3. The molecule has 9 rings (SSSR count). The molecule has 6 heterocycles. The Kier molecular flexibility index (Phi) is 16.4. The van der Waals surface area contributed by atoms with E-state index in [2.05, 4.69) is 35.9 Å². The quantitative estimate of drug-likeness (QED) is 0.0249. The Balaban J connectivity index is 0.967. The van der Waals surface area contributed by atoms with Gasteiger partial charge >= 0.3 is 5.97 Å². The highest BCUT2D eigenvalue weighted by Crippen LogP contribution is 2.43. The van der Waals surface area contributed by atoms with Gasteiger partial charge in [-0.15, -0.1) is 10.2 Å². The van der Waals surface area contributed by atoms with Crippen LogP contribution in [0, 0.1) is 5.92 Å². The minimum absolute atomic E-state index is 0.0226. The number of rotatable bonds is 20. The number of hydrogen-bond acceptors (Lipinski definition) is 18. The number of nitrogens with one attached hydrogen (secondary N) is 1. The van der Waals surface area contributed by atoms with Gasteiger partial charge in [-0.3, -0.25) is 24.4 Å². The van der Waals surface area contributed by atoms with Crippen molar-refractivity contribution in [3.05, 3.63) is 94.2 Å². The van der Waals surface area contributed by atoms with Gasteiger partial charge in [0, 0.05) is 112 Å². The first-order valence-corrected chi connectivity index (χ1v) is 26.1. The van der Waals surface area contributed by atoms with Crippen molar-refractivity contribution in [1.29, 1.82) is 0 Å². The van der Waals surface area contributed by atoms with Crippen LogP contribution in [0.1, 0.15) is 73.9 Å². The molecular formula is C52H64N20O7. The number of carboxylic acid groups (broad SMARTS) is 1. The molecule has 0 saturated carbocycles. The summed E-state index contributed by atoms with van der Waals surface area (Å²) in [5.74, 6) is -0.497. The molecule has 0 radical (unpaired) electrons. The number of hydrogen-bond donors (Lipinski definition) is 7. The van der Waals surface area contributed by atoms with Crippen molar-refractivity contribution in [3.8, 4) is 28.2 Å². The number of aromatic nitrogens is 9. The van der Waals surface area contributed by atoms with Crippen LogP contribution in [0.15, 0.2) is 86.2 Å². The lowest BCUT2D eigenvalue weighted by molar-refractivity contribution is -0.137. The second-order valence-corrected chi connectivity index (χ2v) is 19.6. The third-order valence-corrected chi connectivity index (χ3v) is 14.2. The van der Waals surface area contributed by atoms with E-state index in [4.69, 9.17) is 42.3 Å². The van der Waals surface area contributed by atoms with Crippen molar-refractivity contribution in [2.45, 2.75) is 65.0 Å². The van der Waals surface area contributed by atoms with Crippen molar-refractivity contribution in [2.75, 3.05) is 80.6 Å². The monoisotopic (exact) mass is 1080 g/mol. The average Bonchev–Trinajstić information content (AvgIpc) is 4.17. The van der Waals surface area contributed by atoms with Gasteiger partial charge in [0.15, 0.2) is 17.3 Å². The number of aromatic hydroxyl groups is 1. The molecule has 0 unspecified atom stereocenters. The maximum Gasteiger partial charge on any atom is 0.336 e. The van der Waals surface area contributed by atoms with Crippen LogP contribution >= 0.6 is 0 Å². The predicted molar refractivity (Wildman–Crippen MR) is 295 cm³/mol. The molecule has 5 aromatic rings. The summed E-state index contributed by atoms with van der Waals surface area (Å²) in [6, 6.07) is 12.5. The van der Waals surface area contributed by atoms with E-state index in [1.54, 1.807) is 51.6 Å². The molecule has 2 amide bonds. The zero-order valence-electron chi connectivity index (χ0n) is 44.1. The molecule has 11 N–H and O–H groups in total. The summed E-state index contributed by atoms with van der Waals surface area (Å²) in [4.78, 5) is 84.2. The summed E-state index contributed by atoms with van der Waals surface area (Å²) < 4.78 is 9.24. The third kappa shape index (κ3) is 12.6. The smallest absolute Gasteiger partial charge is 0.336 e. The van der Waals surface area contributed by atoms with Gasteiger partial charge in [-0.2, -0.15) is 15.0 Å². The van der Waals surface area contributed by atoms with Gasteiger partial charge in [0.1, 0.15) is 29.2 Å². The number of aliphatic imine (C=N–C) groups is 2. The van der Waals surface area contributed by atoms with Crippen LogP contribution in [0.2, 0.25) is 0 Å². The van der Waals surface area contributed by atoms with Crippen LogP contribution in [0.5, 0.6) is 5.75 Å². The molecule has 2 aromatic carbocycles. The SMILES string of the molecule is CC[C@H](C)[C@@H](C(=O)N1CCN(c2nc(Nc3ccc(-c4c5ccc(=O)cc-5oc5cc(O)ccc45)c(C(=O)O)c3)nc(N3CCN(C(=O)[C@H](C)n4cc(CCCN=C(N)N)nn4)CC3)n2)CC1)n1cc(CCCN=C(N)N)nn1. The number of aryl methyl sites for hydroxylation is 2. The molecule has 3 atom stereocenters. The van der Waals surface area contributed by atoms with Gasteiger partial charge < -0.3 is 62.5 Å². The summed E-state index contributed by atoms with van der Waals surface area (Å²) >= 11 is 0. The number of nitrogens with zero attached hydrogens (tertiary/aromatic N) is 15. The number of amides is 2. The summed E-state index contributed by atoms with van der Waals surface area (Å²) in [5, 5.41) is 42.1. The zero-order valence-corrected chi connectivity index (χ0v) is 44.1. The first-order valence-electron chi connectivity index (χ1n) is 26.1. The minimum atomic E-state index is -1.23. The Morgan fingerprint density at radius 3 is 1.90 bits per heavy atom. The van der Waals surface area contributed by atoms with Gasteiger partial charge in [0.25, 0.3) is 0 Å².